The third-order valence-electron chi connectivity index (χ3n) is 0. The predicted octanol–water partition coefficient (Wildman–Crippen LogP) is 0.154. The summed E-state index contributed by atoms with van der Waals surface area (Å²) in [5, 5.41) is 26.8. The van der Waals surface area contributed by atoms with Gasteiger partial charge < -0.3 is 21.5 Å². The highest BCUT2D eigenvalue weighted by molar-refractivity contribution is 4.03. The van der Waals surface area contributed by atoms with E-state index in [2.05, 4.69) is 0 Å². The lowest BCUT2D eigenvalue weighted by molar-refractivity contribution is -0.402. The Kier molecular flexibility index (Phi) is 46.2. The van der Waals surface area contributed by atoms with Gasteiger partial charge in [0.25, 0.3) is 0 Å². The number of hydrogen-bond acceptors (Lipinski definition) is 5. The first-order valence-electron chi connectivity index (χ1n) is 0.748. The van der Waals surface area contributed by atoms with Crippen LogP contribution in [0.15, 0.2) is 0 Å². The maximum Gasteiger partial charge on any atom is 0.0689 e. The molecule has 7 heavy (non-hydrogen) atoms. The van der Waals surface area contributed by atoms with Crippen molar-refractivity contribution in [1.29, 1.82) is 0 Å². The lowest BCUT2D eigenvalue weighted by Crippen LogP contribution is -1.74. The van der Waals surface area contributed by atoms with Crippen LogP contribution in [-0.4, -0.2) is 15.6 Å². The van der Waals surface area contributed by atoms with Crippen molar-refractivity contribution in [3.8, 4) is 0 Å². The van der Waals surface area contributed by atoms with Crippen molar-refractivity contribution in [3.05, 3.63) is 15.3 Å². The fraction of sp³-hybridized carbons (Fsp3) is 0. The molecule has 7 nitrogen and oxygen atoms in total. The van der Waals surface area contributed by atoms with Crippen molar-refractivity contribution in [3.63, 3.8) is 0 Å². The molecule has 46 valence electrons. The molecule has 0 aromatic carbocycles. The first kappa shape index (κ1) is 16.5. The van der Waals surface area contributed by atoms with Gasteiger partial charge in [-0.1, -0.05) is 0 Å². The van der Waals surface area contributed by atoms with E-state index in [4.69, 9.17) is 25.8 Å². The van der Waals surface area contributed by atoms with E-state index >= 15 is 0 Å². The van der Waals surface area contributed by atoms with Crippen molar-refractivity contribution < 1.29 is 15.6 Å². The van der Waals surface area contributed by atoms with E-state index in [-0.39, 0.29) is 6.15 Å². The average Bonchev–Trinajstić information content (AvgIpc) is 1.41. The molecule has 6 N–H and O–H groups in total. The van der Waals surface area contributed by atoms with Crippen molar-refractivity contribution in [2.75, 3.05) is 0 Å². The largest absolute Gasteiger partial charge is 0.369 e. The maximum atomic E-state index is 8.25. The SMILES string of the molecule is O=[N+]([O-])[O-].OO.[NH4+]. The lowest BCUT2D eigenvalue weighted by Gasteiger charge is -1.74. The fourth-order valence-corrected chi connectivity index (χ4v) is 0. The van der Waals surface area contributed by atoms with Gasteiger partial charge in [0.1, 0.15) is 0 Å². The van der Waals surface area contributed by atoms with Crippen LogP contribution in [0.1, 0.15) is 0 Å². The summed E-state index contributed by atoms with van der Waals surface area (Å²) in [5.41, 5.74) is 0. The molecule has 0 saturated carbocycles. The Balaban J connectivity index is -0.0000000480. The number of quaternary nitrogens is 1. The van der Waals surface area contributed by atoms with Gasteiger partial charge >= 0.3 is 0 Å². The molecule has 0 fully saturated rings. The highest BCUT2D eigenvalue weighted by atomic mass is 17.0. The summed E-state index contributed by atoms with van der Waals surface area (Å²) in [5.74, 6) is 0. The molecule has 0 radical (unpaired) electrons. The molecule has 0 aliphatic heterocycles. The maximum absolute atomic E-state index is 8.25. The molecule has 0 aromatic heterocycles. The van der Waals surface area contributed by atoms with Gasteiger partial charge in [0.2, 0.25) is 0 Å². The number of rotatable bonds is 0. The van der Waals surface area contributed by atoms with Crippen LogP contribution in [0.2, 0.25) is 0 Å². The van der Waals surface area contributed by atoms with Crippen LogP contribution < -0.4 is 6.15 Å². The Morgan fingerprint density at radius 2 is 1.29 bits per heavy atom. The third kappa shape index (κ3) is 56.9. The van der Waals surface area contributed by atoms with Crippen LogP contribution >= 0.6 is 0 Å². The average molecular weight is 114 g/mol. The molecule has 0 spiro atoms. The van der Waals surface area contributed by atoms with E-state index in [1.165, 1.54) is 0 Å². The first-order valence-corrected chi connectivity index (χ1v) is 0.748. The topological polar surface area (TPSA) is 143 Å². The summed E-state index contributed by atoms with van der Waals surface area (Å²) in [7, 11) is 0. The molecule has 0 saturated heterocycles. The van der Waals surface area contributed by atoms with E-state index in [1.54, 1.807) is 0 Å². The van der Waals surface area contributed by atoms with E-state index in [9.17, 15) is 0 Å². The molecule has 0 unspecified atom stereocenters. The molecule has 0 amide bonds. The summed E-state index contributed by atoms with van der Waals surface area (Å²) in [4.78, 5) is 8.25. The minimum Gasteiger partial charge on any atom is -0.369 e. The van der Waals surface area contributed by atoms with Crippen molar-refractivity contribution >= 4 is 0 Å². The zero-order valence-electron chi connectivity index (χ0n) is 3.57. The van der Waals surface area contributed by atoms with E-state index in [0.29, 0.717) is 0 Å². The van der Waals surface area contributed by atoms with Gasteiger partial charge in [0, 0.05) is 0 Å². The van der Waals surface area contributed by atoms with E-state index < -0.39 is 5.09 Å². The number of nitrogens with zero attached hydrogens (tertiary/aromatic N) is 1. The summed E-state index contributed by atoms with van der Waals surface area (Å²) in [6, 6.07) is 0. The van der Waals surface area contributed by atoms with Gasteiger partial charge in [-0.25, -0.2) is 0 Å². The molecular weight excluding hydrogens is 108 g/mol. The van der Waals surface area contributed by atoms with Crippen LogP contribution in [-0.2, 0) is 0 Å². The predicted molar refractivity (Wildman–Crippen MR) is 21.6 cm³/mol. The molecule has 0 rings (SSSR count). The normalized spacial score (nSPS) is 4.29. The minimum atomic E-state index is -1.75. The van der Waals surface area contributed by atoms with Gasteiger partial charge in [-0.3, -0.25) is 10.5 Å². The highest BCUT2D eigenvalue weighted by Gasteiger charge is 1.45. The Morgan fingerprint density at radius 3 is 1.29 bits per heavy atom. The zero-order valence-corrected chi connectivity index (χ0v) is 3.57. The van der Waals surface area contributed by atoms with Crippen LogP contribution in [0.4, 0.5) is 0 Å². The van der Waals surface area contributed by atoms with Crippen molar-refractivity contribution in [2.24, 2.45) is 0 Å². The van der Waals surface area contributed by atoms with Crippen LogP contribution in [0.5, 0.6) is 0 Å². The Morgan fingerprint density at radius 1 is 1.29 bits per heavy atom. The second-order valence-corrected chi connectivity index (χ2v) is 0.224. The standard InChI is InChI=1S/NO3.H3N.H2O2/c2-1(3)4;;1-2/h;1H3;1-2H/q-1;;/p+1. The molecule has 0 aromatic rings. The zero-order chi connectivity index (χ0) is 5.58. The fourth-order valence-electron chi connectivity index (χ4n) is 0. The monoisotopic (exact) mass is 114 g/mol. The molecule has 7 heteroatoms. The molecule has 0 aliphatic carbocycles. The Labute approximate surface area is 38.4 Å². The second-order valence-electron chi connectivity index (χ2n) is 0.224. The molecule has 0 bridgehead atoms. The van der Waals surface area contributed by atoms with Gasteiger partial charge in [0.05, 0.1) is 5.09 Å². The first-order chi connectivity index (χ1) is 2.73. The Bertz CT molecular complexity index is 29.1. The van der Waals surface area contributed by atoms with Gasteiger partial charge in [-0.05, 0) is 0 Å². The van der Waals surface area contributed by atoms with E-state index in [0.717, 1.165) is 0 Å². The summed E-state index contributed by atoms with van der Waals surface area (Å²) in [6.45, 7) is 0. The highest BCUT2D eigenvalue weighted by Crippen LogP contribution is 1.44. The lowest BCUT2D eigenvalue weighted by atomic mass is 13.1. The van der Waals surface area contributed by atoms with Crippen LogP contribution in [0.3, 0.4) is 0 Å². The van der Waals surface area contributed by atoms with Crippen LogP contribution in [0, 0.1) is 15.3 Å². The number of hydrogen-bond donors (Lipinski definition) is 3. The van der Waals surface area contributed by atoms with Crippen LogP contribution in [0.25, 0.3) is 0 Å². The summed E-state index contributed by atoms with van der Waals surface area (Å²) in [6.07, 6.45) is 0. The van der Waals surface area contributed by atoms with Gasteiger partial charge in [-0.15, -0.1) is 0 Å². The van der Waals surface area contributed by atoms with Crippen molar-refractivity contribution in [2.45, 2.75) is 0 Å². The van der Waals surface area contributed by atoms with Gasteiger partial charge in [0.15, 0.2) is 0 Å². The summed E-state index contributed by atoms with van der Waals surface area (Å²) >= 11 is 0. The summed E-state index contributed by atoms with van der Waals surface area (Å²) < 4.78 is 0. The quantitative estimate of drug-likeness (QED) is 0.233. The Hall–Kier alpha value is -0.920. The molecule has 0 aliphatic rings. The minimum absolute atomic E-state index is 0. The van der Waals surface area contributed by atoms with Gasteiger partial charge in [-0.2, -0.15) is 0 Å². The molecular formula is H6N2O5. The smallest absolute Gasteiger partial charge is 0.0689 e. The second kappa shape index (κ2) is 19.5. The third-order valence-corrected chi connectivity index (χ3v) is 0. The van der Waals surface area contributed by atoms with Crippen molar-refractivity contribution in [1.82, 2.24) is 6.15 Å². The molecule has 0 atom stereocenters. The van der Waals surface area contributed by atoms with E-state index in [1.807, 2.05) is 0 Å². The molecule has 0 heterocycles.